The molecule has 2 aromatic carbocycles. The van der Waals surface area contributed by atoms with Crippen molar-refractivity contribution < 1.29 is 14.5 Å². The normalized spacial score (nSPS) is 18.6. The zero-order valence-corrected chi connectivity index (χ0v) is 15.5. The molecular formula is C19H22ClN3O4. The molecule has 0 aromatic heterocycles. The summed E-state index contributed by atoms with van der Waals surface area (Å²) in [6, 6.07) is 15.8. The van der Waals surface area contributed by atoms with Crippen LogP contribution in [0.15, 0.2) is 54.6 Å². The molecule has 0 bridgehead atoms. The van der Waals surface area contributed by atoms with Gasteiger partial charge in [-0.1, -0.05) is 30.3 Å². The molecule has 7 nitrogen and oxygen atoms in total. The molecule has 0 spiro atoms. The number of likely N-dealkylation sites (tertiary alicyclic amines) is 1. The smallest absolute Gasteiger partial charge is 0.269 e. The summed E-state index contributed by atoms with van der Waals surface area (Å²) in [7, 11) is 0. The van der Waals surface area contributed by atoms with E-state index in [0.29, 0.717) is 25.4 Å². The van der Waals surface area contributed by atoms with Gasteiger partial charge in [0.1, 0.15) is 5.75 Å². The Labute approximate surface area is 163 Å². The number of nitrogens with zero attached hydrogens (tertiary/aromatic N) is 2. The average Bonchev–Trinajstić information content (AvgIpc) is 3.11. The minimum atomic E-state index is -0.476. The van der Waals surface area contributed by atoms with Crippen LogP contribution < -0.4 is 10.5 Å². The maximum atomic E-state index is 12.5. The fraction of sp³-hybridized carbons (Fsp3) is 0.316. The first-order chi connectivity index (χ1) is 12.6. The molecule has 2 N–H and O–H groups in total. The van der Waals surface area contributed by atoms with Crippen LogP contribution in [0, 0.1) is 16.0 Å². The Bertz CT molecular complexity index is 770. The lowest BCUT2D eigenvalue weighted by Gasteiger charge is -2.17. The Morgan fingerprint density at radius 3 is 2.41 bits per heavy atom. The number of nitro groups is 1. The number of carbonyl (C=O) groups excluding carboxylic acids is 1. The van der Waals surface area contributed by atoms with Crippen LogP contribution in [0.3, 0.4) is 0 Å². The maximum Gasteiger partial charge on any atom is 0.269 e. The number of rotatable bonds is 6. The third-order valence-corrected chi connectivity index (χ3v) is 4.73. The van der Waals surface area contributed by atoms with Gasteiger partial charge in [0.05, 0.1) is 4.92 Å². The summed E-state index contributed by atoms with van der Waals surface area (Å²) >= 11 is 0. The number of nitro benzene ring substituents is 1. The van der Waals surface area contributed by atoms with Gasteiger partial charge in [0.2, 0.25) is 0 Å². The van der Waals surface area contributed by atoms with E-state index in [1.165, 1.54) is 29.8 Å². The van der Waals surface area contributed by atoms with E-state index in [2.05, 4.69) is 12.1 Å². The van der Waals surface area contributed by atoms with Crippen molar-refractivity contribution in [2.75, 3.05) is 26.2 Å². The number of nitrogens with two attached hydrogens (primary N) is 1. The second-order valence-corrected chi connectivity index (χ2v) is 6.35. The van der Waals surface area contributed by atoms with Crippen LogP contribution in [0.5, 0.6) is 5.75 Å². The van der Waals surface area contributed by atoms with E-state index >= 15 is 0 Å². The van der Waals surface area contributed by atoms with Crippen LogP contribution in [0.25, 0.3) is 0 Å². The fourth-order valence-corrected chi connectivity index (χ4v) is 3.29. The van der Waals surface area contributed by atoms with Crippen molar-refractivity contribution in [3.8, 4) is 5.75 Å². The van der Waals surface area contributed by atoms with Crippen molar-refractivity contribution >= 4 is 24.0 Å². The third-order valence-electron chi connectivity index (χ3n) is 4.73. The topological polar surface area (TPSA) is 98.7 Å². The standard InChI is InChI=1S/C19H21N3O4.ClH/c20-10-15-11-21(12-18(15)14-4-2-1-3-5-14)19(23)13-26-17-8-6-16(7-9-17)22(24)25;/h1-9,15,18H,10-13,20H2;1H/t15-,18+;/m1./s1. The number of hydrogen-bond donors (Lipinski definition) is 1. The summed E-state index contributed by atoms with van der Waals surface area (Å²) in [4.78, 5) is 24.4. The number of carbonyl (C=O) groups is 1. The predicted molar refractivity (Wildman–Crippen MR) is 104 cm³/mol. The first-order valence-electron chi connectivity index (χ1n) is 8.48. The molecule has 0 aliphatic carbocycles. The largest absolute Gasteiger partial charge is 0.484 e. The molecule has 8 heteroatoms. The predicted octanol–water partition coefficient (Wildman–Crippen LogP) is 2.60. The molecule has 2 aromatic rings. The Balaban J connectivity index is 0.00000261. The molecule has 1 aliphatic rings. The van der Waals surface area contributed by atoms with Crippen molar-refractivity contribution in [2.45, 2.75) is 5.92 Å². The van der Waals surface area contributed by atoms with E-state index in [4.69, 9.17) is 10.5 Å². The summed E-state index contributed by atoms with van der Waals surface area (Å²) < 4.78 is 5.48. The van der Waals surface area contributed by atoms with Crippen LogP contribution in [0.4, 0.5) is 5.69 Å². The lowest BCUT2D eigenvalue weighted by Crippen LogP contribution is -2.33. The highest BCUT2D eigenvalue weighted by molar-refractivity contribution is 5.85. The molecule has 1 saturated heterocycles. The van der Waals surface area contributed by atoms with E-state index in [9.17, 15) is 14.9 Å². The number of hydrogen-bond acceptors (Lipinski definition) is 5. The molecule has 27 heavy (non-hydrogen) atoms. The van der Waals surface area contributed by atoms with Gasteiger partial charge in [0.25, 0.3) is 11.6 Å². The van der Waals surface area contributed by atoms with E-state index in [1.54, 1.807) is 4.90 Å². The zero-order valence-electron chi connectivity index (χ0n) is 14.7. The second-order valence-electron chi connectivity index (χ2n) is 6.35. The second kappa shape index (κ2) is 9.34. The highest BCUT2D eigenvalue weighted by Gasteiger charge is 2.35. The molecule has 1 fully saturated rings. The van der Waals surface area contributed by atoms with Crippen LogP contribution in [-0.4, -0.2) is 42.0 Å². The van der Waals surface area contributed by atoms with Gasteiger partial charge in [-0.25, -0.2) is 0 Å². The highest BCUT2D eigenvalue weighted by Crippen LogP contribution is 2.32. The third kappa shape index (κ3) is 4.96. The summed E-state index contributed by atoms with van der Waals surface area (Å²) in [5, 5.41) is 10.7. The van der Waals surface area contributed by atoms with Gasteiger partial charge in [-0.2, -0.15) is 0 Å². The summed E-state index contributed by atoms with van der Waals surface area (Å²) in [6.45, 7) is 1.65. The summed E-state index contributed by atoms with van der Waals surface area (Å²) in [5.74, 6) is 0.767. The first-order valence-corrected chi connectivity index (χ1v) is 8.48. The van der Waals surface area contributed by atoms with Crippen molar-refractivity contribution in [3.05, 3.63) is 70.3 Å². The van der Waals surface area contributed by atoms with Crippen molar-refractivity contribution in [1.29, 1.82) is 0 Å². The van der Waals surface area contributed by atoms with E-state index in [-0.39, 0.29) is 42.4 Å². The van der Waals surface area contributed by atoms with Crippen LogP contribution in [-0.2, 0) is 4.79 Å². The number of non-ortho nitro benzene ring substituents is 1. The monoisotopic (exact) mass is 391 g/mol. The van der Waals surface area contributed by atoms with Crippen LogP contribution >= 0.6 is 12.4 Å². The molecule has 1 heterocycles. The van der Waals surface area contributed by atoms with Gasteiger partial charge in [-0.3, -0.25) is 14.9 Å². The maximum absolute atomic E-state index is 12.5. The van der Waals surface area contributed by atoms with Crippen molar-refractivity contribution in [3.63, 3.8) is 0 Å². The Kier molecular flexibility index (Phi) is 7.15. The molecular weight excluding hydrogens is 370 g/mol. The molecule has 1 aliphatic heterocycles. The highest BCUT2D eigenvalue weighted by atomic mass is 35.5. The van der Waals surface area contributed by atoms with Crippen molar-refractivity contribution in [1.82, 2.24) is 4.90 Å². The number of halogens is 1. The van der Waals surface area contributed by atoms with Gasteiger partial charge in [-0.15, -0.1) is 12.4 Å². The molecule has 3 rings (SSSR count). The SMILES string of the molecule is Cl.NC[C@@H]1CN(C(=O)COc2ccc([N+](=O)[O-])cc2)C[C@H]1c1ccccc1. The Morgan fingerprint density at radius 1 is 1.15 bits per heavy atom. The average molecular weight is 392 g/mol. The fourth-order valence-electron chi connectivity index (χ4n) is 3.29. The number of ether oxygens (including phenoxy) is 1. The van der Waals surface area contributed by atoms with Crippen LogP contribution in [0.2, 0.25) is 0 Å². The van der Waals surface area contributed by atoms with Gasteiger partial charge < -0.3 is 15.4 Å². The lowest BCUT2D eigenvalue weighted by molar-refractivity contribution is -0.384. The van der Waals surface area contributed by atoms with Gasteiger partial charge in [0, 0.05) is 31.1 Å². The van der Waals surface area contributed by atoms with Gasteiger partial charge >= 0.3 is 0 Å². The van der Waals surface area contributed by atoms with Gasteiger partial charge in [-0.05, 0) is 30.2 Å². The first kappa shape index (κ1) is 20.7. The van der Waals surface area contributed by atoms with E-state index < -0.39 is 4.92 Å². The molecule has 0 unspecified atom stereocenters. The van der Waals surface area contributed by atoms with Crippen LogP contribution in [0.1, 0.15) is 11.5 Å². The summed E-state index contributed by atoms with van der Waals surface area (Å²) in [6.07, 6.45) is 0. The zero-order chi connectivity index (χ0) is 18.5. The molecule has 144 valence electrons. The van der Waals surface area contributed by atoms with Crippen molar-refractivity contribution in [2.24, 2.45) is 11.7 Å². The lowest BCUT2D eigenvalue weighted by atomic mass is 9.89. The Hall–Kier alpha value is -2.64. The molecule has 0 saturated carbocycles. The number of amides is 1. The number of benzene rings is 2. The molecule has 1 amide bonds. The minimum Gasteiger partial charge on any atom is -0.484 e. The van der Waals surface area contributed by atoms with E-state index in [1.807, 2.05) is 18.2 Å². The molecule has 2 atom stereocenters. The Morgan fingerprint density at radius 2 is 1.81 bits per heavy atom. The van der Waals surface area contributed by atoms with E-state index in [0.717, 1.165) is 0 Å². The minimum absolute atomic E-state index is 0. The quantitative estimate of drug-likeness (QED) is 0.602. The summed E-state index contributed by atoms with van der Waals surface area (Å²) in [5.41, 5.74) is 7.08. The van der Waals surface area contributed by atoms with Gasteiger partial charge in [0.15, 0.2) is 6.61 Å². The molecule has 0 radical (unpaired) electrons.